The molecule has 0 unspecified atom stereocenters. The molecule has 6 heteroatoms. The molecule has 0 saturated heterocycles. The predicted molar refractivity (Wildman–Crippen MR) is 92.7 cm³/mol. The van der Waals surface area contributed by atoms with Crippen LogP contribution in [-0.2, 0) is 17.9 Å². The molecule has 5 nitrogen and oxygen atoms in total. The Morgan fingerprint density at radius 1 is 1.17 bits per heavy atom. The number of thiophene rings is 1. The topological polar surface area (TPSA) is 56.0 Å². The van der Waals surface area contributed by atoms with Crippen molar-refractivity contribution in [2.45, 2.75) is 33.0 Å². The summed E-state index contributed by atoms with van der Waals surface area (Å²) in [5, 5.41) is 4.94. The fourth-order valence-corrected chi connectivity index (χ4v) is 3.50. The summed E-state index contributed by atoms with van der Waals surface area (Å²) in [5.41, 5.74) is 1.50. The highest BCUT2D eigenvalue weighted by Gasteiger charge is 2.16. The molecule has 0 aliphatic carbocycles. The van der Waals surface area contributed by atoms with Crippen LogP contribution in [0, 0.1) is 0 Å². The van der Waals surface area contributed by atoms with Crippen LogP contribution in [0.1, 0.15) is 24.8 Å². The van der Waals surface area contributed by atoms with Gasteiger partial charge in [-0.3, -0.25) is 13.9 Å². The van der Waals surface area contributed by atoms with Crippen molar-refractivity contribution in [1.82, 2.24) is 14.5 Å². The first-order valence-corrected chi connectivity index (χ1v) is 8.50. The molecule has 0 bridgehead atoms. The van der Waals surface area contributed by atoms with Crippen molar-refractivity contribution >= 4 is 28.3 Å². The summed E-state index contributed by atoms with van der Waals surface area (Å²) in [6.45, 7) is 4.49. The Hall–Kier alpha value is -2.34. The van der Waals surface area contributed by atoms with Gasteiger partial charge in [0.05, 0.1) is 17.1 Å². The van der Waals surface area contributed by atoms with Gasteiger partial charge in [-0.25, -0.2) is 4.79 Å². The Bertz CT molecular complexity index is 877. The van der Waals surface area contributed by atoms with Crippen LogP contribution in [0.2, 0.25) is 0 Å². The van der Waals surface area contributed by atoms with Gasteiger partial charge in [-0.05, 0) is 37.4 Å². The molecule has 3 aromatic rings. The van der Waals surface area contributed by atoms with Gasteiger partial charge in [-0.15, -0.1) is 11.3 Å². The first-order chi connectivity index (χ1) is 11.1. The third-order valence-corrected chi connectivity index (χ3v) is 4.95. The minimum atomic E-state index is -0.160. The molecular formula is C17H19N3O2S. The fourth-order valence-electron chi connectivity index (χ4n) is 2.77. The van der Waals surface area contributed by atoms with Crippen LogP contribution in [0.3, 0.4) is 0 Å². The van der Waals surface area contributed by atoms with Crippen molar-refractivity contribution in [3.05, 3.63) is 57.1 Å². The SMILES string of the molecule is CCn1c(=O)n(CC(=O)N[C@@H](C)c2cccs2)c2ccccc21. The third-order valence-electron chi connectivity index (χ3n) is 3.89. The van der Waals surface area contributed by atoms with Crippen molar-refractivity contribution in [2.75, 3.05) is 0 Å². The van der Waals surface area contributed by atoms with Crippen LogP contribution in [0.4, 0.5) is 0 Å². The number of nitrogens with zero attached hydrogens (tertiary/aromatic N) is 2. The summed E-state index contributed by atoms with van der Waals surface area (Å²) in [6, 6.07) is 11.5. The number of imidazole rings is 1. The molecule has 3 rings (SSSR count). The zero-order valence-electron chi connectivity index (χ0n) is 13.2. The largest absolute Gasteiger partial charge is 0.347 e. The molecule has 0 saturated carbocycles. The second kappa shape index (κ2) is 6.42. The normalized spacial score (nSPS) is 12.4. The number of hydrogen-bond donors (Lipinski definition) is 1. The van der Waals surface area contributed by atoms with Crippen LogP contribution in [-0.4, -0.2) is 15.0 Å². The highest BCUT2D eigenvalue weighted by atomic mass is 32.1. The highest BCUT2D eigenvalue weighted by Crippen LogP contribution is 2.18. The molecule has 23 heavy (non-hydrogen) atoms. The second-order valence-corrected chi connectivity index (χ2v) is 6.39. The van der Waals surface area contributed by atoms with Gasteiger partial charge in [-0.2, -0.15) is 0 Å². The quantitative estimate of drug-likeness (QED) is 0.782. The number of aryl methyl sites for hydroxylation is 1. The van der Waals surface area contributed by atoms with E-state index in [1.807, 2.05) is 55.6 Å². The first kappa shape index (κ1) is 15.6. The Labute approximate surface area is 138 Å². The Morgan fingerprint density at radius 3 is 2.48 bits per heavy atom. The average Bonchev–Trinajstić information content (AvgIpc) is 3.15. The standard InChI is InChI=1S/C17H19N3O2S/c1-3-19-13-7-4-5-8-14(13)20(17(19)22)11-16(21)18-12(2)15-9-6-10-23-15/h4-10,12H,3,11H2,1-2H3,(H,18,21)/t12-/m0/s1. The lowest BCUT2D eigenvalue weighted by Gasteiger charge is -2.12. The van der Waals surface area contributed by atoms with Gasteiger partial charge in [0.25, 0.3) is 0 Å². The van der Waals surface area contributed by atoms with Gasteiger partial charge in [0.15, 0.2) is 0 Å². The fraction of sp³-hybridized carbons (Fsp3) is 0.294. The van der Waals surface area contributed by atoms with Crippen LogP contribution < -0.4 is 11.0 Å². The third kappa shape index (κ3) is 2.94. The molecule has 0 spiro atoms. The Balaban J connectivity index is 1.85. The average molecular weight is 329 g/mol. The zero-order valence-corrected chi connectivity index (χ0v) is 14.0. The molecule has 2 heterocycles. The first-order valence-electron chi connectivity index (χ1n) is 7.62. The second-order valence-electron chi connectivity index (χ2n) is 5.41. The molecule has 1 amide bonds. The van der Waals surface area contributed by atoms with Crippen LogP contribution in [0.25, 0.3) is 11.0 Å². The van der Waals surface area contributed by atoms with Crippen molar-refractivity contribution < 1.29 is 4.79 Å². The minimum Gasteiger partial charge on any atom is -0.347 e. The summed E-state index contributed by atoms with van der Waals surface area (Å²) >= 11 is 1.61. The maximum absolute atomic E-state index is 12.5. The van der Waals surface area contributed by atoms with Gasteiger partial charge >= 0.3 is 5.69 Å². The Kier molecular flexibility index (Phi) is 4.34. The molecule has 1 N–H and O–H groups in total. The van der Waals surface area contributed by atoms with E-state index in [0.717, 1.165) is 15.9 Å². The molecule has 2 aromatic heterocycles. The van der Waals surface area contributed by atoms with Crippen LogP contribution in [0.5, 0.6) is 0 Å². The van der Waals surface area contributed by atoms with Gasteiger partial charge in [0, 0.05) is 11.4 Å². The maximum atomic E-state index is 12.5. The number of rotatable bonds is 5. The van der Waals surface area contributed by atoms with E-state index in [-0.39, 0.29) is 24.2 Å². The summed E-state index contributed by atoms with van der Waals surface area (Å²) in [6.07, 6.45) is 0. The predicted octanol–water partition coefficient (Wildman–Crippen LogP) is 2.76. The summed E-state index contributed by atoms with van der Waals surface area (Å²) in [4.78, 5) is 26.0. The van der Waals surface area contributed by atoms with Gasteiger partial charge in [-0.1, -0.05) is 18.2 Å². The van der Waals surface area contributed by atoms with Gasteiger partial charge < -0.3 is 5.32 Å². The highest BCUT2D eigenvalue weighted by molar-refractivity contribution is 7.10. The molecule has 0 radical (unpaired) electrons. The number of fused-ring (bicyclic) bond motifs is 1. The van der Waals surface area contributed by atoms with E-state index in [0.29, 0.717) is 6.54 Å². The van der Waals surface area contributed by atoms with E-state index < -0.39 is 0 Å². The molecule has 120 valence electrons. The maximum Gasteiger partial charge on any atom is 0.329 e. The summed E-state index contributed by atoms with van der Waals surface area (Å²) in [7, 11) is 0. The lowest BCUT2D eigenvalue weighted by molar-refractivity contribution is -0.122. The summed E-state index contributed by atoms with van der Waals surface area (Å²) < 4.78 is 3.22. The minimum absolute atomic E-state index is 0.0298. The van der Waals surface area contributed by atoms with E-state index in [9.17, 15) is 9.59 Å². The van der Waals surface area contributed by atoms with E-state index in [2.05, 4.69) is 5.32 Å². The van der Waals surface area contributed by atoms with Crippen molar-refractivity contribution in [2.24, 2.45) is 0 Å². The summed E-state index contributed by atoms with van der Waals surface area (Å²) in [5.74, 6) is -0.160. The van der Waals surface area contributed by atoms with E-state index in [4.69, 9.17) is 0 Å². The number of benzene rings is 1. The van der Waals surface area contributed by atoms with Crippen molar-refractivity contribution in [3.63, 3.8) is 0 Å². The number of aromatic nitrogens is 2. The van der Waals surface area contributed by atoms with Crippen molar-refractivity contribution in [3.8, 4) is 0 Å². The monoisotopic (exact) mass is 329 g/mol. The lowest BCUT2D eigenvalue weighted by Crippen LogP contribution is -2.34. The van der Waals surface area contributed by atoms with Gasteiger partial charge in [0.2, 0.25) is 5.91 Å². The number of amides is 1. The number of carbonyl (C=O) groups is 1. The number of carbonyl (C=O) groups excluding carboxylic acids is 1. The number of para-hydroxylation sites is 2. The van der Waals surface area contributed by atoms with Crippen LogP contribution in [0.15, 0.2) is 46.6 Å². The molecular weight excluding hydrogens is 310 g/mol. The lowest BCUT2D eigenvalue weighted by atomic mass is 10.2. The molecule has 0 aliphatic rings. The van der Waals surface area contributed by atoms with E-state index >= 15 is 0 Å². The number of nitrogens with one attached hydrogen (secondary N) is 1. The molecule has 1 atom stereocenters. The van der Waals surface area contributed by atoms with E-state index in [1.54, 1.807) is 15.9 Å². The smallest absolute Gasteiger partial charge is 0.329 e. The molecule has 0 aliphatic heterocycles. The molecule has 1 aromatic carbocycles. The van der Waals surface area contributed by atoms with Gasteiger partial charge in [0.1, 0.15) is 6.54 Å². The molecule has 0 fully saturated rings. The van der Waals surface area contributed by atoms with Crippen molar-refractivity contribution in [1.29, 1.82) is 0 Å². The zero-order chi connectivity index (χ0) is 16.4. The van der Waals surface area contributed by atoms with E-state index in [1.165, 1.54) is 4.57 Å². The Morgan fingerprint density at radius 2 is 1.87 bits per heavy atom. The van der Waals surface area contributed by atoms with Crippen LogP contribution >= 0.6 is 11.3 Å². The number of hydrogen-bond acceptors (Lipinski definition) is 3.